The number of nitrogens with zero attached hydrogens (tertiary/aromatic N) is 2. The molecule has 0 radical (unpaired) electrons. The van der Waals surface area contributed by atoms with Crippen molar-refractivity contribution in [3.63, 3.8) is 0 Å². The van der Waals surface area contributed by atoms with E-state index in [9.17, 15) is 0 Å². The molecule has 2 N–H and O–H groups in total. The third-order valence-corrected chi connectivity index (χ3v) is 4.72. The maximum atomic E-state index is 5.86. The smallest absolute Gasteiger partial charge is 0.0317 e. The highest BCUT2D eigenvalue weighted by atomic mass is 15.2. The molecule has 1 aromatic rings. The normalized spacial score (nSPS) is 24.6. The summed E-state index contributed by atoms with van der Waals surface area (Å²) in [6.07, 6.45) is 5.47. The molecule has 19 heavy (non-hydrogen) atoms. The second-order valence-electron chi connectivity index (χ2n) is 6.16. The number of fused-ring (bicyclic) bond motifs is 1. The van der Waals surface area contributed by atoms with Crippen LogP contribution < -0.4 is 5.73 Å². The molecule has 1 atom stereocenters. The fourth-order valence-corrected chi connectivity index (χ4v) is 3.48. The number of benzene rings is 1. The monoisotopic (exact) mass is 259 g/mol. The molecule has 1 fully saturated rings. The molecule has 0 aliphatic carbocycles. The SMILES string of the molecule is CN1CCCCC1CCN1Cc2ccc(N)cc2C1. The van der Waals surface area contributed by atoms with E-state index in [4.69, 9.17) is 5.73 Å². The van der Waals surface area contributed by atoms with Crippen LogP contribution in [0.2, 0.25) is 0 Å². The maximum absolute atomic E-state index is 5.86. The highest BCUT2D eigenvalue weighted by molar-refractivity contribution is 5.46. The molecule has 3 rings (SSSR count). The fourth-order valence-electron chi connectivity index (χ4n) is 3.48. The number of anilines is 1. The van der Waals surface area contributed by atoms with E-state index in [2.05, 4.69) is 29.0 Å². The Morgan fingerprint density at radius 1 is 1.21 bits per heavy atom. The molecular formula is C16H25N3. The molecule has 0 amide bonds. The number of piperidine rings is 1. The first kappa shape index (κ1) is 12.9. The van der Waals surface area contributed by atoms with E-state index in [0.717, 1.165) is 24.8 Å². The molecule has 0 aromatic heterocycles. The Hall–Kier alpha value is -1.06. The first-order valence-electron chi connectivity index (χ1n) is 7.52. The van der Waals surface area contributed by atoms with Gasteiger partial charge in [-0.1, -0.05) is 12.5 Å². The zero-order chi connectivity index (χ0) is 13.2. The number of hydrogen-bond acceptors (Lipinski definition) is 3. The van der Waals surface area contributed by atoms with Crippen LogP contribution in [0.25, 0.3) is 0 Å². The third-order valence-electron chi connectivity index (χ3n) is 4.72. The molecule has 1 aromatic carbocycles. The van der Waals surface area contributed by atoms with Gasteiger partial charge in [0.15, 0.2) is 0 Å². The van der Waals surface area contributed by atoms with Gasteiger partial charge in [0.25, 0.3) is 0 Å². The number of hydrogen-bond donors (Lipinski definition) is 1. The summed E-state index contributed by atoms with van der Waals surface area (Å²) in [6, 6.07) is 7.15. The van der Waals surface area contributed by atoms with E-state index < -0.39 is 0 Å². The molecule has 3 nitrogen and oxygen atoms in total. The first-order valence-corrected chi connectivity index (χ1v) is 7.52. The van der Waals surface area contributed by atoms with Crippen molar-refractivity contribution in [2.24, 2.45) is 0 Å². The van der Waals surface area contributed by atoms with Gasteiger partial charge >= 0.3 is 0 Å². The van der Waals surface area contributed by atoms with Gasteiger partial charge in [0.05, 0.1) is 0 Å². The maximum Gasteiger partial charge on any atom is 0.0317 e. The van der Waals surface area contributed by atoms with Crippen LogP contribution in [0.3, 0.4) is 0 Å². The van der Waals surface area contributed by atoms with E-state index >= 15 is 0 Å². The molecule has 104 valence electrons. The summed E-state index contributed by atoms with van der Waals surface area (Å²) in [5.41, 5.74) is 9.65. The third kappa shape index (κ3) is 2.93. The van der Waals surface area contributed by atoms with Crippen molar-refractivity contribution in [1.82, 2.24) is 9.80 Å². The van der Waals surface area contributed by atoms with Crippen LogP contribution >= 0.6 is 0 Å². The molecule has 1 unspecified atom stereocenters. The molecular weight excluding hydrogens is 234 g/mol. The van der Waals surface area contributed by atoms with Crippen molar-refractivity contribution in [3.05, 3.63) is 29.3 Å². The standard InChI is InChI=1S/C16H25N3/c1-18-8-3-2-4-16(18)7-9-19-11-13-5-6-15(17)10-14(13)12-19/h5-6,10,16H,2-4,7-9,11-12,17H2,1H3. The summed E-state index contributed by atoms with van der Waals surface area (Å²) in [6.45, 7) is 4.67. The van der Waals surface area contributed by atoms with E-state index in [1.54, 1.807) is 0 Å². The minimum absolute atomic E-state index is 0.794. The Morgan fingerprint density at radius 3 is 2.89 bits per heavy atom. The fraction of sp³-hybridized carbons (Fsp3) is 0.625. The van der Waals surface area contributed by atoms with Gasteiger partial charge in [0.2, 0.25) is 0 Å². The molecule has 2 aliphatic heterocycles. The van der Waals surface area contributed by atoms with Gasteiger partial charge in [-0.25, -0.2) is 0 Å². The second-order valence-corrected chi connectivity index (χ2v) is 6.16. The van der Waals surface area contributed by atoms with Gasteiger partial charge in [-0.05, 0) is 56.1 Å². The van der Waals surface area contributed by atoms with Gasteiger partial charge in [-0.3, -0.25) is 4.90 Å². The zero-order valence-electron chi connectivity index (χ0n) is 11.9. The second kappa shape index (κ2) is 5.51. The number of rotatable bonds is 3. The van der Waals surface area contributed by atoms with Crippen molar-refractivity contribution in [2.45, 2.75) is 44.8 Å². The Kier molecular flexibility index (Phi) is 3.76. The van der Waals surface area contributed by atoms with Crippen LogP contribution in [0, 0.1) is 0 Å². The quantitative estimate of drug-likeness (QED) is 0.846. The summed E-state index contributed by atoms with van der Waals surface area (Å²) >= 11 is 0. The average Bonchev–Trinajstić information content (AvgIpc) is 2.79. The van der Waals surface area contributed by atoms with Crippen LogP contribution in [0.4, 0.5) is 5.69 Å². The van der Waals surface area contributed by atoms with Gasteiger partial charge in [-0.15, -0.1) is 0 Å². The molecule has 2 aliphatic rings. The lowest BCUT2D eigenvalue weighted by atomic mass is 10.00. The van der Waals surface area contributed by atoms with Gasteiger partial charge in [0, 0.05) is 31.4 Å². The lowest BCUT2D eigenvalue weighted by molar-refractivity contribution is 0.153. The van der Waals surface area contributed by atoms with Crippen molar-refractivity contribution >= 4 is 5.69 Å². The van der Waals surface area contributed by atoms with Crippen LogP contribution in [0.5, 0.6) is 0 Å². The van der Waals surface area contributed by atoms with Gasteiger partial charge < -0.3 is 10.6 Å². The van der Waals surface area contributed by atoms with E-state index in [1.807, 2.05) is 6.07 Å². The number of likely N-dealkylation sites (tertiary alicyclic amines) is 1. The number of nitrogens with two attached hydrogens (primary N) is 1. The molecule has 2 heterocycles. The number of nitrogen functional groups attached to an aromatic ring is 1. The van der Waals surface area contributed by atoms with E-state index in [1.165, 1.54) is 49.9 Å². The molecule has 0 bridgehead atoms. The zero-order valence-corrected chi connectivity index (χ0v) is 11.9. The Morgan fingerprint density at radius 2 is 2.05 bits per heavy atom. The predicted octanol–water partition coefficient (Wildman–Crippen LogP) is 2.46. The highest BCUT2D eigenvalue weighted by Gasteiger charge is 2.22. The van der Waals surface area contributed by atoms with Crippen LogP contribution in [-0.4, -0.2) is 36.0 Å². The summed E-state index contributed by atoms with van der Waals surface area (Å²) in [7, 11) is 2.28. The lowest BCUT2D eigenvalue weighted by Crippen LogP contribution is -2.38. The van der Waals surface area contributed by atoms with Crippen molar-refractivity contribution in [1.29, 1.82) is 0 Å². The Balaban J connectivity index is 1.53. The van der Waals surface area contributed by atoms with E-state index in [-0.39, 0.29) is 0 Å². The Labute approximate surface area is 116 Å². The summed E-state index contributed by atoms with van der Waals surface area (Å²) in [5.74, 6) is 0. The Bertz CT molecular complexity index is 444. The van der Waals surface area contributed by atoms with Crippen LogP contribution in [0.1, 0.15) is 36.8 Å². The minimum Gasteiger partial charge on any atom is -0.399 e. The molecule has 0 spiro atoms. The van der Waals surface area contributed by atoms with E-state index in [0.29, 0.717) is 0 Å². The first-order chi connectivity index (χ1) is 9.22. The van der Waals surface area contributed by atoms with Gasteiger partial charge in [0.1, 0.15) is 0 Å². The summed E-state index contributed by atoms with van der Waals surface area (Å²) in [5, 5.41) is 0. The van der Waals surface area contributed by atoms with Crippen molar-refractivity contribution < 1.29 is 0 Å². The molecule has 1 saturated heterocycles. The molecule has 0 saturated carbocycles. The lowest BCUT2D eigenvalue weighted by Gasteiger charge is -2.33. The average molecular weight is 259 g/mol. The summed E-state index contributed by atoms with van der Waals surface area (Å²) in [4.78, 5) is 5.11. The molecule has 3 heteroatoms. The van der Waals surface area contributed by atoms with Gasteiger partial charge in [-0.2, -0.15) is 0 Å². The minimum atomic E-state index is 0.794. The predicted molar refractivity (Wildman–Crippen MR) is 79.9 cm³/mol. The highest BCUT2D eigenvalue weighted by Crippen LogP contribution is 2.26. The van der Waals surface area contributed by atoms with Crippen LogP contribution in [0.15, 0.2) is 18.2 Å². The summed E-state index contributed by atoms with van der Waals surface area (Å²) < 4.78 is 0. The van der Waals surface area contributed by atoms with Crippen molar-refractivity contribution in [2.75, 3.05) is 25.9 Å². The largest absolute Gasteiger partial charge is 0.399 e. The topological polar surface area (TPSA) is 32.5 Å². The van der Waals surface area contributed by atoms with Crippen molar-refractivity contribution in [3.8, 4) is 0 Å². The van der Waals surface area contributed by atoms with Crippen LogP contribution in [-0.2, 0) is 13.1 Å².